The summed E-state index contributed by atoms with van der Waals surface area (Å²) in [6.45, 7) is -0.846. The molecule has 9 heteroatoms. The molecule has 0 aliphatic rings. The third-order valence-electron chi connectivity index (χ3n) is 2.30. The highest BCUT2D eigenvalue weighted by Gasteiger charge is 2.17. The Morgan fingerprint density at radius 1 is 1.29 bits per heavy atom. The number of benzene rings is 1. The average molecular weight is 298 g/mol. The molecule has 1 aromatic rings. The average Bonchev–Trinajstić information content (AvgIpc) is 2.45. The van der Waals surface area contributed by atoms with E-state index in [9.17, 15) is 19.7 Å². The van der Waals surface area contributed by atoms with Crippen molar-refractivity contribution >= 4 is 23.3 Å². The summed E-state index contributed by atoms with van der Waals surface area (Å²) in [5.74, 6) is -1.13. The number of esters is 1. The van der Waals surface area contributed by atoms with E-state index in [1.54, 1.807) is 0 Å². The molecule has 0 saturated heterocycles. The fourth-order valence-corrected chi connectivity index (χ4v) is 1.39. The summed E-state index contributed by atoms with van der Waals surface area (Å²) in [6.07, 6.45) is 0. The van der Waals surface area contributed by atoms with Crippen molar-refractivity contribution < 1.29 is 28.7 Å². The van der Waals surface area contributed by atoms with Crippen molar-refractivity contribution in [2.24, 2.45) is 0 Å². The van der Waals surface area contributed by atoms with E-state index in [1.165, 1.54) is 32.4 Å². The van der Waals surface area contributed by atoms with E-state index in [4.69, 9.17) is 4.74 Å². The maximum absolute atomic E-state index is 11.6. The molecular formula is C12H14N2O7. The van der Waals surface area contributed by atoms with Crippen LogP contribution in [0.3, 0.4) is 0 Å². The van der Waals surface area contributed by atoms with Gasteiger partial charge >= 0.3 is 5.97 Å². The van der Waals surface area contributed by atoms with Crippen molar-refractivity contribution in [1.29, 1.82) is 0 Å². The summed E-state index contributed by atoms with van der Waals surface area (Å²) in [4.78, 5) is 32.8. The molecule has 0 atom stereocenters. The quantitative estimate of drug-likeness (QED) is 0.448. The maximum atomic E-state index is 11.6. The Morgan fingerprint density at radius 3 is 2.57 bits per heavy atom. The molecule has 9 nitrogen and oxygen atoms in total. The molecule has 0 unspecified atom stereocenters. The number of ether oxygens (including phenoxy) is 3. The SMILES string of the molecule is COCC(=O)OCC(=O)Nc1ccc(OC)cc1[N+](=O)[O-]. The van der Waals surface area contributed by atoms with Crippen molar-refractivity contribution in [1.82, 2.24) is 0 Å². The van der Waals surface area contributed by atoms with Crippen LogP contribution in [0.2, 0.25) is 0 Å². The lowest BCUT2D eigenvalue weighted by Crippen LogP contribution is -2.23. The smallest absolute Gasteiger partial charge is 0.332 e. The molecule has 1 rings (SSSR count). The zero-order chi connectivity index (χ0) is 15.8. The van der Waals surface area contributed by atoms with Gasteiger partial charge in [0.05, 0.1) is 18.1 Å². The molecule has 0 bridgehead atoms. The van der Waals surface area contributed by atoms with Gasteiger partial charge in [0.1, 0.15) is 18.0 Å². The number of carbonyl (C=O) groups excluding carboxylic acids is 2. The van der Waals surface area contributed by atoms with Crippen LogP contribution in [-0.2, 0) is 19.1 Å². The van der Waals surface area contributed by atoms with E-state index in [1.807, 2.05) is 0 Å². The number of hydrogen-bond acceptors (Lipinski definition) is 7. The third kappa shape index (κ3) is 5.07. The topological polar surface area (TPSA) is 117 Å². The van der Waals surface area contributed by atoms with Gasteiger partial charge < -0.3 is 19.5 Å². The zero-order valence-electron chi connectivity index (χ0n) is 11.5. The van der Waals surface area contributed by atoms with E-state index in [0.29, 0.717) is 0 Å². The van der Waals surface area contributed by atoms with Crippen LogP contribution in [0.4, 0.5) is 11.4 Å². The van der Waals surface area contributed by atoms with Crippen LogP contribution in [0, 0.1) is 10.1 Å². The van der Waals surface area contributed by atoms with Gasteiger partial charge in [-0.25, -0.2) is 4.79 Å². The van der Waals surface area contributed by atoms with Gasteiger partial charge in [-0.3, -0.25) is 14.9 Å². The first-order valence-corrected chi connectivity index (χ1v) is 5.74. The van der Waals surface area contributed by atoms with Crippen molar-refractivity contribution in [3.63, 3.8) is 0 Å². The monoisotopic (exact) mass is 298 g/mol. The zero-order valence-corrected chi connectivity index (χ0v) is 11.5. The van der Waals surface area contributed by atoms with Crippen LogP contribution in [0.1, 0.15) is 0 Å². The Kier molecular flexibility index (Phi) is 6.08. The van der Waals surface area contributed by atoms with Gasteiger partial charge in [0.25, 0.3) is 11.6 Å². The van der Waals surface area contributed by atoms with Crippen LogP contribution in [-0.4, -0.2) is 44.2 Å². The predicted molar refractivity (Wildman–Crippen MR) is 71.1 cm³/mol. The van der Waals surface area contributed by atoms with Crippen LogP contribution in [0.5, 0.6) is 5.75 Å². The first-order chi connectivity index (χ1) is 9.97. The lowest BCUT2D eigenvalue weighted by molar-refractivity contribution is -0.384. The first kappa shape index (κ1) is 16.4. The number of anilines is 1. The van der Waals surface area contributed by atoms with Gasteiger partial charge in [0.15, 0.2) is 6.61 Å². The van der Waals surface area contributed by atoms with Crippen molar-refractivity contribution in [2.45, 2.75) is 0 Å². The molecule has 0 aliphatic heterocycles. The van der Waals surface area contributed by atoms with Gasteiger partial charge in [-0.15, -0.1) is 0 Å². The molecule has 1 amide bonds. The number of hydrogen-bond donors (Lipinski definition) is 1. The van der Waals surface area contributed by atoms with Gasteiger partial charge in [-0.05, 0) is 12.1 Å². The molecule has 0 saturated carbocycles. The number of amides is 1. The molecule has 21 heavy (non-hydrogen) atoms. The number of nitrogens with one attached hydrogen (secondary N) is 1. The van der Waals surface area contributed by atoms with E-state index in [0.717, 1.165) is 0 Å². The van der Waals surface area contributed by atoms with Crippen LogP contribution in [0.25, 0.3) is 0 Å². The van der Waals surface area contributed by atoms with E-state index in [2.05, 4.69) is 14.8 Å². The van der Waals surface area contributed by atoms with E-state index in [-0.39, 0.29) is 23.7 Å². The summed E-state index contributed by atoms with van der Waals surface area (Å²) in [7, 11) is 2.68. The number of rotatable bonds is 7. The third-order valence-corrected chi connectivity index (χ3v) is 2.30. The highest BCUT2D eigenvalue weighted by atomic mass is 16.6. The summed E-state index contributed by atoms with van der Waals surface area (Å²) in [6, 6.07) is 3.96. The Hall–Kier alpha value is -2.68. The molecule has 1 aromatic carbocycles. The van der Waals surface area contributed by atoms with E-state index < -0.39 is 23.4 Å². The van der Waals surface area contributed by atoms with Crippen LogP contribution >= 0.6 is 0 Å². The minimum absolute atomic E-state index is 0.0198. The molecule has 0 fully saturated rings. The first-order valence-electron chi connectivity index (χ1n) is 5.74. The normalized spacial score (nSPS) is 9.81. The van der Waals surface area contributed by atoms with Crippen molar-refractivity contribution in [3.8, 4) is 5.75 Å². The summed E-state index contributed by atoms with van der Waals surface area (Å²) in [5.41, 5.74) is -0.348. The fraction of sp³-hybridized carbons (Fsp3) is 0.333. The van der Waals surface area contributed by atoms with Crippen molar-refractivity contribution in [3.05, 3.63) is 28.3 Å². The highest BCUT2D eigenvalue weighted by molar-refractivity contribution is 5.95. The number of methoxy groups -OCH3 is 2. The number of nitro benzene ring substituents is 1. The maximum Gasteiger partial charge on any atom is 0.332 e. The molecule has 0 radical (unpaired) electrons. The van der Waals surface area contributed by atoms with Crippen LogP contribution < -0.4 is 10.1 Å². The minimum atomic E-state index is -0.711. The molecule has 0 aromatic heterocycles. The molecule has 1 N–H and O–H groups in total. The Labute approximate surface area is 119 Å². The van der Waals surface area contributed by atoms with Gasteiger partial charge in [0.2, 0.25) is 0 Å². The number of carbonyl (C=O) groups is 2. The summed E-state index contributed by atoms with van der Waals surface area (Å²) < 4.78 is 14.0. The highest BCUT2D eigenvalue weighted by Crippen LogP contribution is 2.28. The minimum Gasteiger partial charge on any atom is -0.496 e. The molecule has 0 spiro atoms. The second-order valence-corrected chi connectivity index (χ2v) is 3.78. The van der Waals surface area contributed by atoms with Crippen LogP contribution in [0.15, 0.2) is 18.2 Å². The lowest BCUT2D eigenvalue weighted by Gasteiger charge is -2.08. The molecule has 0 heterocycles. The summed E-state index contributed by atoms with van der Waals surface area (Å²) in [5, 5.41) is 13.2. The number of nitrogens with zero attached hydrogens (tertiary/aromatic N) is 1. The van der Waals surface area contributed by atoms with Gasteiger partial charge in [-0.2, -0.15) is 0 Å². The Balaban J connectivity index is 2.71. The van der Waals surface area contributed by atoms with Gasteiger partial charge in [0, 0.05) is 7.11 Å². The largest absolute Gasteiger partial charge is 0.496 e. The standard InChI is InChI=1S/C12H14N2O7/c1-19-7-12(16)21-6-11(15)13-9-4-3-8(20-2)5-10(9)14(17)18/h3-5H,6-7H2,1-2H3,(H,13,15). The second-order valence-electron chi connectivity index (χ2n) is 3.78. The summed E-state index contributed by atoms with van der Waals surface area (Å²) >= 11 is 0. The predicted octanol–water partition coefficient (Wildman–Crippen LogP) is 0.731. The Bertz CT molecular complexity index is 544. The molecule has 114 valence electrons. The number of nitro groups is 1. The molecule has 0 aliphatic carbocycles. The Morgan fingerprint density at radius 2 is 2.00 bits per heavy atom. The fourth-order valence-electron chi connectivity index (χ4n) is 1.39. The second kappa shape index (κ2) is 7.80. The molecular weight excluding hydrogens is 284 g/mol. The van der Waals surface area contributed by atoms with E-state index >= 15 is 0 Å². The lowest BCUT2D eigenvalue weighted by atomic mass is 10.2. The van der Waals surface area contributed by atoms with Gasteiger partial charge in [-0.1, -0.05) is 0 Å². The van der Waals surface area contributed by atoms with Crippen molar-refractivity contribution in [2.75, 3.05) is 32.8 Å².